The largest absolute Gasteiger partial charge is 0.364 e. The summed E-state index contributed by atoms with van der Waals surface area (Å²) in [5.41, 5.74) is 0.116. The summed E-state index contributed by atoms with van der Waals surface area (Å²) in [6, 6.07) is 9.75. The summed E-state index contributed by atoms with van der Waals surface area (Å²) in [6.07, 6.45) is 0.924. The first kappa shape index (κ1) is 17.9. The maximum atomic E-state index is 12.3. The highest BCUT2D eigenvalue weighted by molar-refractivity contribution is 7.92. The van der Waals surface area contributed by atoms with Crippen LogP contribution >= 0.6 is 11.6 Å². The third-order valence-corrected chi connectivity index (χ3v) is 4.35. The van der Waals surface area contributed by atoms with Gasteiger partial charge in [0.1, 0.15) is 0 Å². The van der Waals surface area contributed by atoms with Crippen LogP contribution in [0.4, 0.5) is 5.69 Å². The summed E-state index contributed by atoms with van der Waals surface area (Å²) in [5.74, 6) is -2.54. The minimum atomic E-state index is -3.62. The van der Waals surface area contributed by atoms with Crippen molar-refractivity contribution in [2.75, 3.05) is 11.0 Å². The number of fused-ring (bicyclic) bond motifs is 1. The molecule has 0 spiro atoms. The molecule has 2 aromatic carbocycles. The van der Waals surface area contributed by atoms with Gasteiger partial charge in [-0.15, -0.1) is 0 Å². The normalized spacial score (nSPS) is 13.5. The molecule has 3 rings (SSSR count). The molecule has 2 aromatic rings. The highest BCUT2D eigenvalue weighted by Crippen LogP contribution is 2.26. The van der Waals surface area contributed by atoms with Crippen LogP contribution < -0.4 is 4.72 Å². The van der Waals surface area contributed by atoms with Crippen LogP contribution in [0.25, 0.3) is 0 Å². The average molecular weight is 395 g/mol. The molecule has 0 aromatic heterocycles. The van der Waals surface area contributed by atoms with E-state index in [0.717, 1.165) is 12.3 Å². The average Bonchev–Trinajstić information content (AvgIpc) is 2.81. The summed E-state index contributed by atoms with van der Waals surface area (Å²) < 4.78 is 24.8. The van der Waals surface area contributed by atoms with Crippen LogP contribution in [-0.4, -0.2) is 37.5 Å². The molecule has 0 saturated carbocycles. The van der Waals surface area contributed by atoms with Gasteiger partial charge in [0.15, 0.2) is 0 Å². The molecule has 1 heterocycles. The van der Waals surface area contributed by atoms with Gasteiger partial charge in [-0.1, -0.05) is 28.8 Å². The number of benzene rings is 2. The zero-order chi connectivity index (χ0) is 19.1. The van der Waals surface area contributed by atoms with Crippen LogP contribution in [0.5, 0.6) is 0 Å². The summed E-state index contributed by atoms with van der Waals surface area (Å²) in [6.45, 7) is 0. The molecule has 134 valence electrons. The molecule has 1 aliphatic rings. The Morgan fingerprint density at radius 2 is 1.65 bits per heavy atom. The lowest BCUT2D eigenvalue weighted by atomic mass is 10.1. The number of hydroxylamine groups is 2. The van der Waals surface area contributed by atoms with Crippen LogP contribution in [0.1, 0.15) is 31.1 Å². The number of anilines is 1. The van der Waals surface area contributed by atoms with Crippen molar-refractivity contribution < 1.29 is 27.6 Å². The molecule has 0 saturated heterocycles. The summed E-state index contributed by atoms with van der Waals surface area (Å²) in [4.78, 5) is 41.6. The van der Waals surface area contributed by atoms with Gasteiger partial charge in [-0.05, 0) is 30.3 Å². The predicted molar refractivity (Wildman–Crippen MR) is 92.3 cm³/mol. The van der Waals surface area contributed by atoms with Gasteiger partial charge >= 0.3 is 5.97 Å². The lowest BCUT2D eigenvalue weighted by Crippen LogP contribution is -2.32. The number of hydrogen-bond acceptors (Lipinski definition) is 6. The van der Waals surface area contributed by atoms with E-state index in [1.54, 1.807) is 12.1 Å². The number of rotatable bonds is 4. The number of hydrogen-bond donors (Lipinski definition) is 1. The highest BCUT2D eigenvalue weighted by atomic mass is 35.5. The first-order chi connectivity index (χ1) is 12.2. The molecule has 8 nitrogen and oxygen atoms in total. The Bertz CT molecular complexity index is 1020. The SMILES string of the molecule is CS(=O)(=O)Nc1cc(C(=O)ON2C(=O)c3ccccc3C2=O)ccc1Cl. The fourth-order valence-electron chi connectivity index (χ4n) is 2.32. The zero-order valence-corrected chi connectivity index (χ0v) is 14.8. The van der Waals surface area contributed by atoms with Crippen molar-refractivity contribution in [1.29, 1.82) is 0 Å². The lowest BCUT2D eigenvalue weighted by molar-refractivity contribution is -0.0584. The summed E-state index contributed by atoms with van der Waals surface area (Å²) >= 11 is 5.89. The van der Waals surface area contributed by atoms with Gasteiger partial charge in [0.25, 0.3) is 11.8 Å². The Hall–Kier alpha value is -2.91. The van der Waals surface area contributed by atoms with E-state index in [2.05, 4.69) is 4.72 Å². The lowest BCUT2D eigenvalue weighted by Gasteiger charge is -2.13. The van der Waals surface area contributed by atoms with E-state index in [1.807, 2.05) is 0 Å². The number of halogens is 1. The topological polar surface area (TPSA) is 110 Å². The van der Waals surface area contributed by atoms with Crippen molar-refractivity contribution >= 4 is 45.1 Å². The van der Waals surface area contributed by atoms with E-state index in [0.29, 0.717) is 5.06 Å². The van der Waals surface area contributed by atoms with Crippen LogP contribution in [-0.2, 0) is 14.9 Å². The smallest absolute Gasteiger partial charge is 0.324 e. The molecule has 0 atom stereocenters. The van der Waals surface area contributed by atoms with E-state index in [-0.39, 0.29) is 27.4 Å². The van der Waals surface area contributed by atoms with Crippen LogP contribution in [0, 0.1) is 0 Å². The second-order valence-electron chi connectivity index (χ2n) is 5.40. The van der Waals surface area contributed by atoms with Crippen LogP contribution in [0.2, 0.25) is 5.02 Å². The standard InChI is InChI=1S/C16H11ClN2O6S/c1-26(23,24)18-13-8-9(6-7-12(13)17)16(22)25-19-14(20)10-4-2-3-5-11(10)15(19)21/h2-8,18H,1H3. The second-order valence-corrected chi connectivity index (χ2v) is 7.55. The maximum absolute atomic E-state index is 12.3. The van der Waals surface area contributed by atoms with Gasteiger partial charge in [-0.3, -0.25) is 14.3 Å². The number of nitrogens with zero attached hydrogens (tertiary/aromatic N) is 1. The predicted octanol–water partition coefficient (Wildman–Crippen LogP) is 2.08. The van der Waals surface area contributed by atoms with Crippen molar-refractivity contribution in [2.45, 2.75) is 0 Å². The minimum Gasteiger partial charge on any atom is -0.324 e. The number of sulfonamides is 1. The van der Waals surface area contributed by atoms with Crippen molar-refractivity contribution in [1.82, 2.24) is 5.06 Å². The second kappa shape index (κ2) is 6.43. The van der Waals surface area contributed by atoms with E-state index in [9.17, 15) is 22.8 Å². The number of imide groups is 1. The van der Waals surface area contributed by atoms with Crippen molar-refractivity contribution in [3.05, 3.63) is 64.2 Å². The Morgan fingerprint density at radius 3 is 2.19 bits per heavy atom. The summed E-state index contributed by atoms with van der Waals surface area (Å²) in [5, 5.41) is 0.429. The quantitative estimate of drug-likeness (QED) is 0.795. The zero-order valence-electron chi connectivity index (χ0n) is 13.2. The van der Waals surface area contributed by atoms with Crippen molar-refractivity contribution in [3.8, 4) is 0 Å². The van der Waals surface area contributed by atoms with Gasteiger partial charge in [-0.2, -0.15) is 0 Å². The fourth-order valence-corrected chi connectivity index (χ4v) is 3.11. The third-order valence-electron chi connectivity index (χ3n) is 3.43. The molecule has 1 aliphatic heterocycles. The molecule has 0 aliphatic carbocycles. The van der Waals surface area contributed by atoms with Gasteiger partial charge in [0.05, 0.1) is 33.7 Å². The fraction of sp³-hybridized carbons (Fsp3) is 0.0625. The van der Waals surface area contributed by atoms with E-state index in [4.69, 9.17) is 16.4 Å². The molecule has 1 N–H and O–H groups in total. The van der Waals surface area contributed by atoms with Gasteiger partial charge in [0, 0.05) is 0 Å². The Morgan fingerprint density at radius 1 is 1.08 bits per heavy atom. The Kier molecular flexibility index (Phi) is 4.43. The van der Waals surface area contributed by atoms with E-state index >= 15 is 0 Å². The molecule has 0 bridgehead atoms. The van der Waals surface area contributed by atoms with Crippen LogP contribution in [0.3, 0.4) is 0 Å². The molecule has 10 heteroatoms. The molecule has 26 heavy (non-hydrogen) atoms. The Labute approximate surface area is 153 Å². The minimum absolute atomic E-state index is 0.0361. The molecule has 2 amide bonds. The molecule has 0 unspecified atom stereocenters. The first-order valence-corrected chi connectivity index (χ1v) is 9.42. The van der Waals surface area contributed by atoms with Gasteiger partial charge < -0.3 is 4.84 Å². The monoisotopic (exact) mass is 394 g/mol. The number of amides is 2. The van der Waals surface area contributed by atoms with E-state index in [1.165, 1.54) is 24.3 Å². The Balaban J connectivity index is 1.85. The first-order valence-electron chi connectivity index (χ1n) is 7.15. The van der Waals surface area contributed by atoms with Crippen LogP contribution in [0.15, 0.2) is 42.5 Å². The van der Waals surface area contributed by atoms with E-state index < -0.39 is 27.8 Å². The van der Waals surface area contributed by atoms with Crippen molar-refractivity contribution in [2.24, 2.45) is 0 Å². The molecule has 0 fully saturated rings. The summed E-state index contributed by atoms with van der Waals surface area (Å²) in [7, 11) is -3.62. The van der Waals surface area contributed by atoms with Crippen molar-refractivity contribution in [3.63, 3.8) is 0 Å². The molecular formula is C16H11ClN2O6S. The highest BCUT2D eigenvalue weighted by Gasteiger charge is 2.38. The molecule has 0 radical (unpaired) electrons. The number of carbonyl (C=O) groups excluding carboxylic acids is 3. The third kappa shape index (κ3) is 3.39. The molecular weight excluding hydrogens is 384 g/mol. The van der Waals surface area contributed by atoms with Gasteiger partial charge in [-0.25, -0.2) is 13.2 Å². The number of nitrogens with one attached hydrogen (secondary N) is 1. The van der Waals surface area contributed by atoms with Gasteiger partial charge in [0.2, 0.25) is 10.0 Å². The number of carbonyl (C=O) groups is 3. The maximum Gasteiger partial charge on any atom is 0.364 e.